The summed E-state index contributed by atoms with van der Waals surface area (Å²) in [6.45, 7) is 2.91. The molecule has 0 fully saturated rings. The molecule has 0 amide bonds. The van der Waals surface area contributed by atoms with Crippen molar-refractivity contribution in [1.29, 1.82) is 0 Å². The molecule has 2 nitrogen and oxygen atoms in total. The molecule has 0 aliphatic rings. The molecule has 0 atom stereocenters. The Morgan fingerprint density at radius 3 is 3.00 bits per heavy atom. The van der Waals surface area contributed by atoms with E-state index in [9.17, 15) is 0 Å². The fraction of sp³-hybridized carbons (Fsp3) is 0.750. The summed E-state index contributed by atoms with van der Waals surface area (Å²) in [6.07, 6.45) is 1.97. The van der Waals surface area contributed by atoms with Crippen molar-refractivity contribution in [2.24, 2.45) is 5.10 Å². The van der Waals surface area contributed by atoms with Crippen LogP contribution >= 0.6 is 11.8 Å². The summed E-state index contributed by atoms with van der Waals surface area (Å²) >= 11 is 1.59. The van der Waals surface area contributed by atoms with Gasteiger partial charge in [0.05, 0.1) is 5.55 Å². The van der Waals surface area contributed by atoms with Crippen LogP contribution in [0.5, 0.6) is 0 Å². The summed E-state index contributed by atoms with van der Waals surface area (Å²) in [5.74, 6) is 0. The number of nitrogens with zero attached hydrogens (tertiary/aromatic N) is 1. The molecule has 0 saturated carbocycles. The lowest BCUT2D eigenvalue weighted by atomic mass is 10.8. The Balaban J connectivity index is 2.78. The lowest BCUT2D eigenvalue weighted by molar-refractivity contribution is 0.790. The van der Waals surface area contributed by atoms with E-state index in [4.69, 9.17) is 0 Å². The molecule has 0 saturated heterocycles. The number of nitrogens with one attached hydrogen (secondary N) is 1. The lowest BCUT2D eigenvalue weighted by Gasteiger charge is -1.86. The van der Waals surface area contributed by atoms with Gasteiger partial charge >= 0.3 is 0 Å². The van der Waals surface area contributed by atoms with Gasteiger partial charge in [-0.1, -0.05) is 0 Å². The second-order valence-corrected chi connectivity index (χ2v) is 1.66. The number of hydrogen-bond donors (Lipinski definition) is 1. The predicted molar refractivity (Wildman–Crippen MR) is 35.7 cm³/mol. The van der Waals surface area contributed by atoms with Crippen LogP contribution in [0.4, 0.5) is 0 Å². The minimum atomic E-state index is 0.900. The van der Waals surface area contributed by atoms with Gasteiger partial charge < -0.3 is 5.43 Å². The van der Waals surface area contributed by atoms with E-state index in [0.29, 0.717) is 0 Å². The van der Waals surface area contributed by atoms with E-state index in [2.05, 4.69) is 10.5 Å². The molecule has 0 bridgehead atoms. The zero-order valence-corrected chi connectivity index (χ0v) is 5.46. The Bertz CT molecular complexity index is 53.7. The first-order valence-corrected chi connectivity index (χ1v) is 3.47. The van der Waals surface area contributed by atoms with Crippen molar-refractivity contribution in [3.05, 3.63) is 0 Å². The molecule has 0 aliphatic heterocycles. The molecule has 0 spiro atoms. The quantitative estimate of drug-likeness (QED) is 0.338. The SMILES string of the molecule is CCNN=CSC. The van der Waals surface area contributed by atoms with Gasteiger partial charge in [-0.3, -0.25) is 0 Å². The van der Waals surface area contributed by atoms with Crippen molar-refractivity contribution in [1.82, 2.24) is 5.43 Å². The van der Waals surface area contributed by atoms with Crippen LogP contribution in [0.1, 0.15) is 6.92 Å². The second-order valence-electron chi connectivity index (χ2n) is 0.982. The third-order valence-electron chi connectivity index (χ3n) is 0.408. The summed E-state index contributed by atoms with van der Waals surface area (Å²) in [6, 6.07) is 0. The Morgan fingerprint density at radius 2 is 2.57 bits per heavy atom. The molecule has 0 aromatic heterocycles. The fourth-order valence-electron chi connectivity index (χ4n) is 0.181. The van der Waals surface area contributed by atoms with Crippen LogP contribution in [-0.2, 0) is 0 Å². The van der Waals surface area contributed by atoms with Crippen LogP contribution in [0.15, 0.2) is 5.10 Å². The third-order valence-corrected chi connectivity index (χ3v) is 0.724. The van der Waals surface area contributed by atoms with Crippen LogP contribution in [0.25, 0.3) is 0 Å². The van der Waals surface area contributed by atoms with Crippen molar-refractivity contribution >= 4 is 17.3 Å². The van der Waals surface area contributed by atoms with Gasteiger partial charge in [0.15, 0.2) is 0 Å². The average molecular weight is 118 g/mol. The van der Waals surface area contributed by atoms with Crippen LogP contribution in [0, 0.1) is 0 Å². The van der Waals surface area contributed by atoms with E-state index >= 15 is 0 Å². The van der Waals surface area contributed by atoms with Crippen LogP contribution in [0.2, 0.25) is 0 Å². The summed E-state index contributed by atoms with van der Waals surface area (Å²) in [5, 5.41) is 3.80. The number of hydrogen-bond acceptors (Lipinski definition) is 3. The van der Waals surface area contributed by atoms with E-state index < -0.39 is 0 Å². The van der Waals surface area contributed by atoms with E-state index in [1.165, 1.54) is 0 Å². The predicted octanol–water partition coefficient (Wildman–Crippen LogP) is 0.902. The van der Waals surface area contributed by atoms with Gasteiger partial charge in [-0.2, -0.15) is 5.10 Å². The summed E-state index contributed by atoms with van der Waals surface area (Å²) in [4.78, 5) is 0. The van der Waals surface area contributed by atoms with Crippen LogP contribution < -0.4 is 5.43 Å². The molecule has 1 N–H and O–H groups in total. The standard InChI is InChI=1S/C4H10N2S/c1-3-5-6-4-7-2/h4-5H,3H2,1-2H3. The normalized spacial score (nSPS) is 10.0. The molecular formula is C4H10N2S. The molecule has 3 heteroatoms. The molecular weight excluding hydrogens is 108 g/mol. The average Bonchev–Trinajstić information content (AvgIpc) is 1.69. The molecule has 0 radical (unpaired) electrons. The summed E-state index contributed by atoms with van der Waals surface area (Å²) < 4.78 is 0. The first kappa shape index (κ1) is 6.82. The van der Waals surface area contributed by atoms with E-state index in [1.807, 2.05) is 13.2 Å². The Labute approximate surface area is 48.4 Å². The number of thioether (sulfide) groups is 1. The van der Waals surface area contributed by atoms with Gasteiger partial charge in [-0.15, -0.1) is 11.8 Å². The lowest BCUT2D eigenvalue weighted by Crippen LogP contribution is -2.01. The Kier molecular flexibility index (Phi) is 5.67. The van der Waals surface area contributed by atoms with Crippen molar-refractivity contribution < 1.29 is 0 Å². The first-order valence-electron chi connectivity index (χ1n) is 2.19. The highest BCUT2D eigenvalue weighted by atomic mass is 32.2. The first-order chi connectivity index (χ1) is 3.41. The van der Waals surface area contributed by atoms with Crippen molar-refractivity contribution in [3.8, 4) is 0 Å². The van der Waals surface area contributed by atoms with Gasteiger partial charge in [0, 0.05) is 6.54 Å². The van der Waals surface area contributed by atoms with Crippen molar-refractivity contribution in [2.45, 2.75) is 6.92 Å². The van der Waals surface area contributed by atoms with Gasteiger partial charge in [-0.25, -0.2) is 0 Å². The maximum absolute atomic E-state index is 3.80. The van der Waals surface area contributed by atoms with Gasteiger partial charge in [0.2, 0.25) is 0 Å². The highest BCUT2D eigenvalue weighted by Gasteiger charge is 1.63. The molecule has 0 aromatic rings. The highest BCUT2D eigenvalue weighted by molar-refractivity contribution is 8.11. The molecule has 0 aliphatic carbocycles. The molecule has 0 unspecified atom stereocenters. The largest absolute Gasteiger partial charge is 0.310 e. The van der Waals surface area contributed by atoms with Gasteiger partial charge in [-0.05, 0) is 13.2 Å². The topological polar surface area (TPSA) is 24.4 Å². The van der Waals surface area contributed by atoms with Crippen LogP contribution in [0.3, 0.4) is 0 Å². The van der Waals surface area contributed by atoms with Crippen LogP contribution in [-0.4, -0.2) is 18.3 Å². The van der Waals surface area contributed by atoms with Crippen molar-refractivity contribution in [3.63, 3.8) is 0 Å². The zero-order chi connectivity index (χ0) is 5.54. The number of hydrazone groups is 1. The minimum absolute atomic E-state index is 0.900. The highest BCUT2D eigenvalue weighted by Crippen LogP contribution is 1.79. The monoisotopic (exact) mass is 118 g/mol. The van der Waals surface area contributed by atoms with Gasteiger partial charge in [0.25, 0.3) is 0 Å². The minimum Gasteiger partial charge on any atom is -0.310 e. The summed E-state index contributed by atoms with van der Waals surface area (Å²) in [5.41, 5.74) is 4.57. The summed E-state index contributed by atoms with van der Waals surface area (Å²) in [7, 11) is 0. The maximum Gasteiger partial charge on any atom is 0.0794 e. The Morgan fingerprint density at radius 1 is 1.86 bits per heavy atom. The van der Waals surface area contributed by atoms with Gasteiger partial charge in [0.1, 0.15) is 0 Å². The molecule has 42 valence electrons. The molecule has 0 rings (SSSR count). The fourth-order valence-corrected chi connectivity index (χ4v) is 0.361. The smallest absolute Gasteiger partial charge is 0.0794 e. The third kappa shape index (κ3) is 5.82. The number of rotatable bonds is 3. The molecule has 7 heavy (non-hydrogen) atoms. The van der Waals surface area contributed by atoms with Crippen molar-refractivity contribution in [2.75, 3.05) is 12.8 Å². The van der Waals surface area contributed by atoms with E-state index in [-0.39, 0.29) is 0 Å². The molecule has 0 heterocycles. The maximum atomic E-state index is 3.80. The Hall–Kier alpha value is -0.180. The molecule has 0 aromatic carbocycles. The van der Waals surface area contributed by atoms with E-state index in [0.717, 1.165) is 6.54 Å². The second kappa shape index (κ2) is 5.82. The zero-order valence-electron chi connectivity index (χ0n) is 4.64. The van der Waals surface area contributed by atoms with E-state index in [1.54, 1.807) is 17.3 Å².